The predicted molar refractivity (Wildman–Crippen MR) is 106 cm³/mol. The van der Waals surface area contributed by atoms with Crippen LogP contribution in [-0.2, 0) is 16.1 Å². The van der Waals surface area contributed by atoms with E-state index in [1.807, 2.05) is 53.4 Å². The summed E-state index contributed by atoms with van der Waals surface area (Å²) in [6.07, 6.45) is 2.29. The van der Waals surface area contributed by atoms with Crippen LogP contribution in [0.3, 0.4) is 0 Å². The number of anilines is 1. The topological polar surface area (TPSA) is 58.6 Å². The number of rotatable bonds is 6. The van der Waals surface area contributed by atoms with Crippen molar-refractivity contribution in [1.29, 1.82) is 0 Å². The van der Waals surface area contributed by atoms with E-state index < -0.39 is 0 Å². The summed E-state index contributed by atoms with van der Waals surface area (Å²) in [7, 11) is 1.64. The van der Waals surface area contributed by atoms with Gasteiger partial charge in [-0.3, -0.25) is 9.59 Å². The molecular weight excluding hydrogens is 360 g/mol. The first kappa shape index (κ1) is 17.9. The monoisotopic (exact) mass is 382 g/mol. The number of amides is 2. The molecule has 6 heteroatoms. The fourth-order valence-corrected chi connectivity index (χ4v) is 4.34. The molecule has 1 saturated carbocycles. The van der Waals surface area contributed by atoms with Crippen molar-refractivity contribution in [2.75, 3.05) is 12.4 Å². The molecule has 1 aliphatic heterocycles. The Kier molecular flexibility index (Phi) is 5.07. The van der Waals surface area contributed by atoms with Gasteiger partial charge in [-0.25, -0.2) is 0 Å². The van der Waals surface area contributed by atoms with E-state index in [1.54, 1.807) is 7.11 Å². The smallest absolute Gasteiger partial charge is 0.238 e. The molecule has 1 fully saturated rings. The Bertz CT molecular complexity index is 849. The van der Waals surface area contributed by atoms with Gasteiger partial charge in [-0.2, -0.15) is 0 Å². The molecule has 1 N–H and O–H groups in total. The van der Waals surface area contributed by atoms with Crippen molar-refractivity contribution < 1.29 is 14.3 Å². The fraction of sp³-hybridized carbons (Fsp3) is 0.333. The molecule has 4 rings (SSSR count). The van der Waals surface area contributed by atoms with Gasteiger partial charge in [-0.05, 0) is 42.7 Å². The Morgan fingerprint density at radius 1 is 1.19 bits per heavy atom. The lowest BCUT2D eigenvalue weighted by atomic mass is 10.1. The molecule has 1 aliphatic carbocycles. The molecular formula is C21H22N2O3S. The number of benzene rings is 2. The van der Waals surface area contributed by atoms with Gasteiger partial charge in [0.2, 0.25) is 11.8 Å². The summed E-state index contributed by atoms with van der Waals surface area (Å²) >= 11 is 1.48. The van der Waals surface area contributed by atoms with Gasteiger partial charge in [-0.15, -0.1) is 11.8 Å². The van der Waals surface area contributed by atoms with Crippen molar-refractivity contribution in [3.8, 4) is 5.75 Å². The lowest BCUT2D eigenvalue weighted by molar-refractivity contribution is -0.133. The highest BCUT2D eigenvalue weighted by atomic mass is 32.2. The summed E-state index contributed by atoms with van der Waals surface area (Å²) in [5, 5.41) is 2.53. The third-order valence-corrected chi connectivity index (χ3v) is 6.16. The molecule has 5 nitrogen and oxygen atoms in total. The van der Waals surface area contributed by atoms with E-state index in [0.717, 1.165) is 34.7 Å². The Morgan fingerprint density at radius 3 is 2.63 bits per heavy atom. The van der Waals surface area contributed by atoms with Crippen LogP contribution in [0.5, 0.6) is 5.75 Å². The number of fused-ring (bicyclic) bond motifs is 1. The number of carbonyl (C=O) groups excluding carboxylic acids is 2. The Labute approximate surface area is 163 Å². The summed E-state index contributed by atoms with van der Waals surface area (Å²) in [5.41, 5.74) is 1.90. The number of hydrogen-bond acceptors (Lipinski definition) is 4. The summed E-state index contributed by atoms with van der Waals surface area (Å²) < 4.78 is 5.19. The van der Waals surface area contributed by atoms with Gasteiger partial charge in [0.25, 0.3) is 0 Å². The molecule has 1 unspecified atom stereocenters. The first-order valence-corrected chi connectivity index (χ1v) is 10.0. The van der Waals surface area contributed by atoms with Gasteiger partial charge in [0.1, 0.15) is 5.75 Å². The van der Waals surface area contributed by atoms with Crippen LogP contribution in [0.25, 0.3) is 0 Å². The van der Waals surface area contributed by atoms with E-state index in [-0.39, 0.29) is 23.5 Å². The van der Waals surface area contributed by atoms with Crippen LogP contribution in [0.2, 0.25) is 0 Å². The SMILES string of the molecule is COc1ccc(CN(C(=O)CC2Sc3ccccc3NC2=O)C2CC2)cc1. The van der Waals surface area contributed by atoms with Gasteiger partial charge in [-0.1, -0.05) is 24.3 Å². The van der Waals surface area contributed by atoms with Gasteiger partial charge < -0.3 is 15.0 Å². The number of hydrogen-bond donors (Lipinski definition) is 1. The molecule has 0 saturated heterocycles. The molecule has 1 heterocycles. The van der Waals surface area contributed by atoms with Crippen molar-refractivity contribution in [2.24, 2.45) is 0 Å². The Balaban J connectivity index is 1.44. The molecule has 2 amide bonds. The number of carbonyl (C=O) groups is 2. The zero-order valence-corrected chi connectivity index (χ0v) is 16.0. The van der Waals surface area contributed by atoms with E-state index >= 15 is 0 Å². The van der Waals surface area contributed by atoms with Crippen LogP contribution >= 0.6 is 11.8 Å². The molecule has 2 aromatic rings. The molecule has 0 aromatic heterocycles. The van der Waals surface area contributed by atoms with Crippen molar-refractivity contribution in [1.82, 2.24) is 4.90 Å². The second-order valence-corrected chi connectivity index (χ2v) is 8.14. The highest BCUT2D eigenvalue weighted by Crippen LogP contribution is 2.38. The maximum atomic E-state index is 13.0. The molecule has 2 aromatic carbocycles. The first-order valence-electron chi connectivity index (χ1n) is 9.13. The average molecular weight is 382 g/mol. The third kappa shape index (κ3) is 4.11. The van der Waals surface area contributed by atoms with Crippen molar-refractivity contribution in [2.45, 2.75) is 42.0 Å². The van der Waals surface area contributed by atoms with E-state index in [0.29, 0.717) is 12.6 Å². The highest BCUT2D eigenvalue weighted by molar-refractivity contribution is 8.01. The molecule has 0 radical (unpaired) electrons. The molecule has 1 atom stereocenters. The number of nitrogens with one attached hydrogen (secondary N) is 1. The van der Waals surface area contributed by atoms with Crippen molar-refractivity contribution in [3.05, 3.63) is 54.1 Å². The molecule has 2 aliphatic rings. The van der Waals surface area contributed by atoms with Crippen LogP contribution in [0, 0.1) is 0 Å². The van der Waals surface area contributed by atoms with Crippen LogP contribution in [0.4, 0.5) is 5.69 Å². The minimum Gasteiger partial charge on any atom is -0.497 e. The number of ether oxygens (including phenoxy) is 1. The molecule has 140 valence electrons. The van der Waals surface area contributed by atoms with E-state index in [2.05, 4.69) is 5.32 Å². The molecule has 0 spiro atoms. The zero-order chi connectivity index (χ0) is 18.8. The van der Waals surface area contributed by atoms with Gasteiger partial charge in [0, 0.05) is 23.9 Å². The second-order valence-electron chi connectivity index (χ2n) is 6.90. The van der Waals surface area contributed by atoms with Crippen LogP contribution < -0.4 is 10.1 Å². The first-order chi connectivity index (χ1) is 13.1. The van der Waals surface area contributed by atoms with Crippen LogP contribution in [-0.4, -0.2) is 35.1 Å². The minimum atomic E-state index is -0.385. The Morgan fingerprint density at radius 2 is 1.93 bits per heavy atom. The summed E-state index contributed by atoms with van der Waals surface area (Å²) in [6, 6.07) is 15.8. The summed E-state index contributed by atoms with van der Waals surface area (Å²) in [6.45, 7) is 0.573. The number of thioether (sulfide) groups is 1. The number of nitrogens with zero attached hydrogens (tertiary/aromatic N) is 1. The second kappa shape index (κ2) is 7.64. The maximum Gasteiger partial charge on any atom is 0.238 e. The Hall–Kier alpha value is -2.47. The lowest BCUT2D eigenvalue weighted by Crippen LogP contribution is -2.38. The summed E-state index contributed by atoms with van der Waals surface area (Å²) in [5.74, 6) is 0.754. The molecule has 27 heavy (non-hydrogen) atoms. The summed E-state index contributed by atoms with van der Waals surface area (Å²) in [4.78, 5) is 28.3. The lowest BCUT2D eigenvalue weighted by Gasteiger charge is -2.27. The fourth-order valence-electron chi connectivity index (χ4n) is 3.24. The normalized spacial score (nSPS) is 18.4. The minimum absolute atomic E-state index is 0.0420. The quantitative estimate of drug-likeness (QED) is 0.828. The average Bonchev–Trinajstić information content (AvgIpc) is 3.52. The highest BCUT2D eigenvalue weighted by Gasteiger charge is 2.36. The van der Waals surface area contributed by atoms with Crippen LogP contribution in [0.1, 0.15) is 24.8 Å². The van der Waals surface area contributed by atoms with E-state index in [4.69, 9.17) is 4.74 Å². The maximum absolute atomic E-state index is 13.0. The van der Waals surface area contributed by atoms with Gasteiger partial charge >= 0.3 is 0 Å². The van der Waals surface area contributed by atoms with E-state index in [9.17, 15) is 9.59 Å². The van der Waals surface area contributed by atoms with Gasteiger partial charge in [0.05, 0.1) is 18.0 Å². The number of methoxy groups -OCH3 is 1. The van der Waals surface area contributed by atoms with E-state index in [1.165, 1.54) is 11.8 Å². The predicted octanol–water partition coefficient (Wildman–Crippen LogP) is 3.69. The van der Waals surface area contributed by atoms with Crippen molar-refractivity contribution >= 4 is 29.3 Å². The molecule has 0 bridgehead atoms. The van der Waals surface area contributed by atoms with Crippen molar-refractivity contribution in [3.63, 3.8) is 0 Å². The largest absolute Gasteiger partial charge is 0.497 e. The zero-order valence-electron chi connectivity index (χ0n) is 15.2. The third-order valence-electron chi connectivity index (χ3n) is 4.89. The standard InChI is InChI=1S/C21H22N2O3S/c1-26-16-10-6-14(7-11-16)13-23(15-8-9-15)20(24)12-19-21(25)22-17-4-2-3-5-18(17)27-19/h2-7,10-11,15,19H,8-9,12-13H2,1H3,(H,22,25). The number of para-hydroxylation sites is 1. The van der Waals surface area contributed by atoms with Gasteiger partial charge in [0.15, 0.2) is 0 Å². The van der Waals surface area contributed by atoms with Crippen LogP contribution in [0.15, 0.2) is 53.4 Å².